The molecule has 0 aliphatic heterocycles. The monoisotopic (exact) mass is 567 g/mol. The Hall–Kier alpha value is -3.33. The molecule has 0 radical (unpaired) electrons. The van der Waals surface area contributed by atoms with Gasteiger partial charge in [-0.25, -0.2) is 4.79 Å². The van der Waals surface area contributed by atoms with Crippen LogP contribution in [0.5, 0.6) is 0 Å². The Bertz CT molecular complexity index is 1290. The molecule has 0 spiro atoms. The number of carbonyl (C=O) groups is 2. The van der Waals surface area contributed by atoms with Crippen LogP contribution in [0.1, 0.15) is 22.3 Å². The Kier molecular flexibility index (Phi) is 7.52. The maximum absolute atomic E-state index is 13.4. The van der Waals surface area contributed by atoms with E-state index >= 15 is 0 Å². The van der Waals surface area contributed by atoms with Crippen molar-refractivity contribution in [3.05, 3.63) is 98.8 Å². The number of hydrogen-bond acceptors (Lipinski definition) is 3. The molecule has 1 aromatic heterocycles. The molecule has 3 N–H and O–H groups in total. The molecule has 4 rings (SSSR count). The number of H-pyrrole nitrogens is 1. The Morgan fingerprint density at radius 1 is 1.00 bits per heavy atom. The fraction of sp³-hybridized carbons (Fsp3) is 0.185. The quantitative estimate of drug-likeness (QED) is 0.245. The van der Waals surface area contributed by atoms with E-state index in [1.54, 1.807) is 0 Å². The van der Waals surface area contributed by atoms with Crippen LogP contribution in [0.4, 0.5) is 10.5 Å². The molecule has 1 heterocycles. The minimum Gasteiger partial charge on any atom is -0.445 e. The van der Waals surface area contributed by atoms with Crippen LogP contribution in [-0.4, -0.2) is 23.0 Å². The zero-order chi connectivity index (χ0) is 24.1. The molecular formula is C27H26IN3O3. The number of nitrogens with one attached hydrogen (secondary N) is 3. The second kappa shape index (κ2) is 10.7. The van der Waals surface area contributed by atoms with Gasteiger partial charge in [-0.2, -0.15) is 0 Å². The number of ether oxygens (including phenoxy) is 1. The van der Waals surface area contributed by atoms with E-state index < -0.39 is 12.1 Å². The van der Waals surface area contributed by atoms with E-state index in [-0.39, 0.29) is 12.5 Å². The average molecular weight is 567 g/mol. The van der Waals surface area contributed by atoms with E-state index in [2.05, 4.69) is 38.2 Å². The van der Waals surface area contributed by atoms with Gasteiger partial charge in [-0.15, -0.1) is 0 Å². The maximum Gasteiger partial charge on any atom is 0.408 e. The van der Waals surface area contributed by atoms with Gasteiger partial charge in [0, 0.05) is 32.8 Å². The first-order chi connectivity index (χ1) is 16.4. The zero-order valence-electron chi connectivity index (χ0n) is 19.0. The van der Waals surface area contributed by atoms with Gasteiger partial charge in [-0.3, -0.25) is 4.79 Å². The first kappa shape index (κ1) is 23.8. The van der Waals surface area contributed by atoms with Crippen LogP contribution in [0.2, 0.25) is 0 Å². The normalized spacial score (nSPS) is 11.7. The average Bonchev–Trinajstić information content (AvgIpc) is 3.23. The molecule has 4 aromatic rings. The fourth-order valence-electron chi connectivity index (χ4n) is 3.95. The third kappa shape index (κ3) is 5.77. The molecule has 0 aliphatic carbocycles. The van der Waals surface area contributed by atoms with Crippen molar-refractivity contribution in [2.24, 2.45) is 0 Å². The van der Waals surface area contributed by atoms with E-state index in [4.69, 9.17) is 4.74 Å². The van der Waals surface area contributed by atoms with Gasteiger partial charge in [0.15, 0.2) is 0 Å². The Labute approximate surface area is 212 Å². The lowest BCUT2D eigenvalue weighted by molar-refractivity contribution is -0.118. The van der Waals surface area contributed by atoms with E-state index in [0.29, 0.717) is 6.42 Å². The Morgan fingerprint density at radius 2 is 1.68 bits per heavy atom. The van der Waals surface area contributed by atoms with Crippen molar-refractivity contribution in [2.75, 3.05) is 5.32 Å². The number of alkyl carbamates (subject to hydrolysis) is 1. The predicted octanol–water partition coefficient (Wildman–Crippen LogP) is 5.87. The molecule has 0 unspecified atom stereocenters. The van der Waals surface area contributed by atoms with Crippen molar-refractivity contribution in [2.45, 2.75) is 32.9 Å². The molecule has 174 valence electrons. The number of halogens is 1. The topological polar surface area (TPSA) is 83.2 Å². The van der Waals surface area contributed by atoms with Crippen LogP contribution in [0, 0.1) is 17.4 Å². The molecule has 0 aliphatic rings. The van der Waals surface area contributed by atoms with Crippen LogP contribution in [-0.2, 0) is 22.6 Å². The van der Waals surface area contributed by atoms with Crippen LogP contribution in [0.25, 0.3) is 10.9 Å². The van der Waals surface area contributed by atoms with E-state index in [1.807, 2.05) is 86.8 Å². The molecule has 3 aromatic carbocycles. The van der Waals surface area contributed by atoms with Gasteiger partial charge in [0.1, 0.15) is 12.6 Å². The standard InChI is InChI=1S/C27H26IN3O3/c1-17-12-21(28)13-18(2)25(17)31-26(32)24(14-20-15-29-23-11-7-6-10-22(20)23)30-27(33)34-16-19-8-4-3-5-9-19/h3-13,15,24,29H,14,16H2,1-2H3,(H,30,33)(H,31,32)/t24-/m1/s1. The predicted molar refractivity (Wildman–Crippen MR) is 143 cm³/mol. The van der Waals surface area contributed by atoms with Crippen molar-refractivity contribution in [3.63, 3.8) is 0 Å². The van der Waals surface area contributed by atoms with E-state index in [0.717, 1.165) is 42.4 Å². The van der Waals surface area contributed by atoms with Crippen molar-refractivity contribution >= 4 is 51.2 Å². The second-order valence-corrected chi connectivity index (χ2v) is 9.47. The Balaban J connectivity index is 1.54. The first-order valence-corrected chi connectivity index (χ1v) is 12.1. The first-order valence-electron chi connectivity index (χ1n) is 11.0. The molecule has 0 saturated heterocycles. The summed E-state index contributed by atoms with van der Waals surface area (Å²) in [6.45, 7) is 4.05. The number of fused-ring (bicyclic) bond motifs is 1. The van der Waals surface area contributed by atoms with E-state index in [1.165, 1.54) is 0 Å². The van der Waals surface area contributed by atoms with Crippen molar-refractivity contribution in [3.8, 4) is 0 Å². The molecule has 1 atom stereocenters. The summed E-state index contributed by atoms with van der Waals surface area (Å²) in [5.41, 5.74) is 5.49. The summed E-state index contributed by atoms with van der Waals surface area (Å²) in [5, 5.41) is 6.81. The third-order valence-electron chi connectivity index (χ3n) is 5.67. The number of hydrogen-bond donors (Lipinski definition) is 3. The van der Waals surface area contributed by atoms with Crippen LogP contribution < -0.4 is 10.6 Å². The maximum atomic E-state index is 13.4. The van der Waals surface area contributed by atoms with Gasteiger partial charge in [0.2, 0.25) is 5.91 Å². The number of amides is 2. The minimum atomic E-state index is -0.819. The van der Waals surface area contributed by atoms with Gasteiger partial charge in [0.25, 0.3) is 0 Å². The number of para-hydroxylation sites is 1. The SMILES string of the molecule is Cc1cc(I)cc(C)c1NC(=O)[C@@H](Cc1c[nH]c2ccccc12)NC(=O)OCc1ccccc1. The largest absolute Gasteiger partial charge is 0.445 e. The lowest BCUT2D eigenvalue weighted by Gasteiger charge is -2.20. The summed E-state index contributed by atoms with van der Waals surface area (Å²) in [7, 11) is 0. The highest BCUT2D eigenvalue weighted by molar-refractivity contribution is 14.1. The number of anilines is 1. The summed E-state index contributed by atoms with van der Waals surface area (Å²) >= 11 is 2.26. The molecule has 0 fully saturated rings. The molecule has 2 amide bonds. The number of benzene rings is 3. The summed E-state index contributed by atoms with van der Waals surface area (Å²) in [5.74, 6) is -0.297. The molecule has 7 heteroatoms. The fourth-order valence-corrected chi connectivity index (χ4v) is 4.89. The highest BCUT2D eigenvalue weighted by atomic mass is 127. The van der Waals surface area contributed by atoms with Gasteiger partial charge >= 0.3 is 6.09 Å². The molecular weight excluding hydrogens is 541 g/mol. The zero-order valence-corrected chi connectivity index (χ0v) is 21.2. The second-order valence-electron chi connectivity index (χ2n) is 8.23. The van der Waals surface area contributed by atoms with E-state index in [9.17, 15) is 9.59 Å². The van der Waals surface area contributed by atoms with Gasteiger partial charge in [0.05, 0.1) is 0 Å². The van der Waals surface area contributed by atoms with Crippen molar-refractivity contribution < 1.29 is 14.3 Å². The summed E-state index contributed by atoms with van der Waals surface area (Å²) in [6, 6.07) is 20.5. The highest BCUT2D eigenvalue weighted by Gasteiger charge is 2.24. The number of carbonyl (C=O) groups excluding carboxylic acids is 2. The van der Waals surface area contributed by atoms with Crippen molar-refractivity contribution in [1.29, 1.82) is 0 Å². The van der Waals surface area contributed by atoms with Crippen LogP contribution >= 0.6 is 22.6 Å². The number of rotatable bonds is 7. The van der Waals surface area contributed by atoms with Crippen molar-refractivity contribution in [1.82, 2.24) is 10.3 Å². The minimum absolute atomic E-state index is 0.128. The summed E-state index contributed by atoms with van der Waals surface area (Å²) < 4.78 is 6.49. The summed E-state index contributed by atoms with van der Waals surface area (Å²) in [6.07, 6.45) is 1.56. The molecule has 6 nitrogen and oxygen atoms in total. The molecule has 0 bridgehead atoms. The molecule has 34 heavy (non-hydrogen) atoms. The highest BCUT2D eigenvalue weighted by Crippen LogP contribution is 2.24. The van der Waals surface area contributed by atoms with Gasteiger partial charge < -0.3 is 20.4 Å². The number of aromatic amines is 1. The molecule has 0 saturated carbocycles. The summed E-state index contributed by atoms with van der Waals surface area (Å²) in [4.78, 5) is 29.2. The van der Waals surface area contributed by atoms with Crippen LogP contribution in [0.15, 0.2) is 72.9 Å². The number of aryl methyl sites for hydroxylation is 2. The van der Waals surface area contributed by atoms with Gasteiger partial charge in [-0.05, 0) is 76.9 Å². The number of aromatic nitrogens is 1. The van der Waals surface area contributed by atoms with Gasteiger partial charge in [-0.1, -0.05) is 48.5 Å². The van der Waals surface area contributed by atoms with Crippen LogP contribution in [0.3, 0.4) is 0 Å². The smallest absolute Gasteiger partial charge is 0.408 e. The third-order valence-corrected chi connectivity index (χ3v) is 6.29. The Morgan fingerprint density at radius 3 is 2.41 bits per heavy atom. The lowest BCUT2D eigenvalue weighted by atomic mass is 10.0. The lowest BCUT2D eigenvalue weighted by Crippen LogP contribution is -2.45.